The first kappa shape index (κ1) is 15.4. The van der Waals surface area contributed by atoms with Crippen LogP contribution in [0.2, 0.25) is 0 Å². The number of carbonyl (C=O) groups excluding carboxylic acids is 1. The van der Waals surface area contributed by atoms with Gasteiger partial charge in [0.25, 0.3) is 5.91 Å². The maximum Gasteiger partial charge on any atom is 0.253 e. The van der Waals surface area contributed by atoms with Crippen LogP contribution in [0.25, 0.3) is 5.82 Å². The largest absolute Gasteiger partial charge is 0.349 e. The van der Waals surface area contributed by atoms with Crippen LogP contribution < -0.4 is 5.32 Å². The van der Waals surface area contributed by atoms with E-state index in [9.17, 15) is 4.79 Å². The van der Waals surface area contributed by atoms with Crippen LogP contribution in [0.5, 0.6) is 0 Å². The van der Waals surface area contributed by atoms with Gasteiger partial charge in [0.05, 0.1) is 5.56 Å². The molecule has 126 valence electrons. The fraction of sp³-hybridized carbons (Fsp3) is 0.526. The number of rotatable bonds is 3. The number of aromatic nitrogens is 3. The van der Waals surface area contributed by atoms with Gasteiger partial charge in [-0.05, 0) is 48.1 Å². The lowest BCUT2D eigenvalue weighted by Gasteiger charge is -2.39. The number of nitrogens with one attached hydrogen (secondary N) is 1. The van der Waals surface area contributed by atoms with Crippen LogP contribution in [-0.4, -0.2) is 26.5 Å². The topological polar surface area (TPSA) is 59.8 Å². The van der Waals surface area contributed by atoms with Crippen molar-refractivity contribution in [3.63, 3.8) is 0 Å². The molecule has 0 aliphatic heterocycles. The monoisotopic (exact) mass is 324 g/mol. The number of carbonyl (C=O) groups is 1. The Balaban J connectivity index is 1.49. The Morgan fingerprint density at radius 3 is 2.71 bits per heavy atom. The van der Waals surface area contributed by atoms with Crippen LogP contribution in [0.15, 0.2) is 37.1 Å². The van der Waals surface area contributed by atoms with E-state index in [1.807, 2.05) is 22.9 Å². The Kier molecular flexibility index (Phi) is 3.31. The summed E-state index contributed by atoms with van der Waals surface area (Å²) in [6.07, 6.45) is 10.5. The summed E-state index contributed by atoms with van der Waals surface area (Å²) in [5.74, 6) is 1.46. The molecule has 2 aliphatic carbocycles. The molecule has 2 fully saturated rings. The lowest BCUT2D eigenvalue weighted by molar-refractivity contribution is 0.0826. The van der Waals surface area contributed by atoms with E-state index in [2.05, 4.69) is 36.1 Å². The van der Waals surface area contributed by atoms with Crippen LogP contribution in [0.3, 0.4) is 0 Å². The fourth-order valence-electron chi connectivity index (χ4n) is 4.73. The molecule has 5 heteroatoms. The molecule has 24 heavy (non-hydrogen) atoms. The molecule has 2 aromatic rings. The van der Waals surface area contributed by atoms with E-state index in [0.29, 0.717) is 11.0 Å². The van der Waals surface area contributed by atoms with Crippen molar-refractivity contribution in [2.24, 2.45) is 16.7 Å². The van der Waals surface area contributed by atoms with Crippen molar-refractivity contribution in [3.05, 3.63) is 42.6 Å². The third-order valence-electron chi connectivity index (χ3n) is 6.88. The van der Waals surface area contributed by atoms with E-state index in [-0.39, 0.29) is 17.4 Å². The number of imidazole rings is 1. The summed E-state index contributed by atoms with van der Waals surface area (Å²) in [5, 5.41) is 3.28. The van der Waals surface area contributed by atoms with Gasteiger partial charge in [0.2, 0.25) is 0 Å². The molecule has 2 aliphatic rings. The molecule has 0 radical (unpaired) electrons. The first-order valence-corrected chi connectivity index (χ1v) is 8.67. The molecule has 0 aromatic carbocycles. The van der Waals surface area contributed by atoms with E-state index >= 15 is 0 Å². The molecule has 1 amide bonds. The van der Waals surface area contributed by atoms with Crippen molar-refractivity contribution in [1.82, 2.24) is 19.9 Å². The molecule has 5 nitrogen and oxygen atoms in total. The molecule has 4 rings (SSSR count). The highest BCUT2D eigenvalue weighted by molar-refractivity contribution is 5.94. The summed E-state index contributed by atoms with van der Waals surface area (Å²) in [6.45, 7) is 7.06. The average molecular weight is 324 g/mol. The predicted octanol–water partition coefficient (Wildman–Crippen LogP) is 3.21. The third kappa shape index (κ3) is 2.10. The predicted molar refractivity (Wildman–Crippen MR) is 91.8 cm³/mol. The van der Waals surface area contributed by atoms with Gasteiger partial charge in [0, 0.05) is 24.6 Å². The van der Waals surface area contributed by atoms with Gasteiger partial charge < -0.3 is 5.32 Å². The minimum absolute atomic E-state index is 0.0192. The maximum absolute atomic E-state index is 12.7. The maximum atomic E-state index is 12.7. The van der Waals surface area contributed by atoms with Crippen molar-refractivity contribution >= 4 is 5.91 Å². The van der Waals surface area contributed by atoms with Crippen LogP contribution in [0.4, 0.5) is 0 Å². The number of hydrogen-bond donors (Lipinski definition) is 1. The van der Waals surface area contributed by atoms with Crippen LogP contribution in [0.1, 0.15) is 50.4 Å². The highest BCUT2D eigenvalue weighted by atomic mass is 16.1. The van der Waals surface area contributed by atoms with Crippen LogP contribution >= 0.6 is 0 Å². The van der Waals surface area contributed by atoms with E-state index < -0.39 is 0 Å². The summed E-state index contributed by atoms with van der Waals surface area (Å²) in [5.41, 5.74) is 1.11. The number of fused-ring (bicyclic) bond motifs is 2. The number of pyridine rings is 1. The molecule has 3 atom stereocenters. The standard InChI is InChI=1S/C19H24N4O/c1-18(2)14-6-7-19(18,3)15(10-14)22-17(24)13-4-5-16(21-11-13)23-9-8-20-12-23/h4-5,8-9,11-12,14-15H,6-7,10H2,1-3H3,(H,22,24)/t14-,15+,19-/m0/s1. The minimum Gasteiger partial charge on any atom is -0.349 e. The second-order valence-corrected chi connectivity index (χ2v) is 8.01. The number of amides is 1. The fourth-order valence-corrected chi connectivity index (χ4v) is 4.73. The van der Waals surface area contributed by atoms with Gasteiger partial charge in [0.15, 0.2) is 0 Å². The quantitative estimate of drug-likeness (QED) is 0.943. The Morgan fingerprint density at radius 1 is 1.33 bits per heavy atom. The molecular weight excluding hydrogens is 300 g/mol. The van der Waals surface area contributed by atoms with Gasteiger partial charge in [-0.25, -0.2) is 9.97 Å². The van der Waals surface area contributed by atoms with Crippen LogP contribution in [-0.2, 0) is 0 Å². The zero-order valence-electron chi connectivity index (χ0n) is 14.5. The average Bonchev–Trinajstić information content (AvgIpc) is 3.22. The molecule has 2 aromatic heterocycles. The second kappa shape index (κ2) is 5.16. The SMILES string of the molecule is CC1(C)[C@H]2CC[C@@]1(C)[C@H](NC(=O)c1ccc(-n3ccnc3)nc1)C2. The van der Waals surface area contributed by atoms with Crippen LogP contribution in [0, 0.1) is 16.7 Å². The first-order chi connectivity index (χ1) is 11.4. The highest BCUT2D eigenvalue weighted by Crippen LogP contribution is 2.65. The van der Waals surface area contributed by atoms with Crippen molar-refractivity contribution in [1.29, 1.82) is 0 Å². The molecular formula is C19H24N4O. The Labute approximate surface area is 142 Å². The molecule has 0 saturated heterocycles. The second-order valence-electron chi connectivity index (χ2n) is 8.01. The highest BCUT2D eigenvalue weighted by Gasteiger charge is 2.61. The van der Waals surface area contributed by atoms with E-state index in [0.717, 1.165) is 18.2 Å². The van der Waals surface area contributed by atoms with Crippen molar-refractivity contribution < 1.29 is 4.79 Å². The smallest absolute Gasteiger partial charge is 0.253 e. The molecule has 2 heterocycles. The summed E-state index contributed by atoms with van der Waals surface area (Å²) in [4.78, 5) is 21.0. The van der Waals surface area contributed by atoms with Gasteiger partial charge in [-0.2, -0.15) is 0 Å². The zero-order valence-corrected chi connectivity index (χ0v) is 14.5. The van der Waals surface area contributed by atoms with Gasteiger partial charge in [-0.3, -0.25) is 9.36 Å². The van der Waals surface area contributed by atoms with Gasteiger partial charge in [-0.15, -0.1) is 0 Å². The lowest BCUT2D eigenvalue weighted by atomic mass is 9.69. The third-order valence-corrected chi connectivity index (χ3v) is 6.88. The molecule has 0 unspecified atom stereocenters. The number of nitrogens with zero attached hydrogens (tertiary/aromatic N) is 3. The van der Waals surface area contributed by atoms with Crippen molar-refractivity contribution in [3.8, 4) is 5.82 Å². The Hall–Kier alpha value is -2.17. The molecule has 0 spiro atoms. The summed E-state index contributed by atoms with van der Waals surface area (Å²) in [7, 11) is 0. The summed E-state index contributed by atoms with van der Waals surface area (Å²) in [6, 6.07) is 3.94. The lowest BCUT2D eigenvalue weighted by Crippen LogP contribution is -2.46. The Morgan fingerprint density at radius 2 is 2.17 bits per heavy atom. The van der Waals surface area contributed by atoms with Gasteiger partial charge in [0.1, 0.15) is 12.1 Å². The zero-order chi connectivity index (χ0) is 16.9. The van der Waals surface area contributed by atoms with E-state index in [4.69, 9.17) is 0 Å². The van der Waals surface area contributed by atoms with Gasteiger partial charge >= 0.3 is 0 Å². The number of hydrogen-bond acceptors (Lipinski definition) is 3. The molecule has 1 N–H and O–H groups in total. The normalized spacial score (nSPS) is 30.5. The van der Waals surface area contributed by atoms with Crippen molar-refractivity contribution in [2.75, 3.05) is 0 Å². The summed E-state index contributed by atoms with van der Waals surface area (Å²) >= 11 is 0. The molecule has 2 bridgehead atoms. The Bertz CT molecular complexity index is 750. The first-order valence-electron chi connectivity index (χ1n) is 8.67. The summed E-state index contributed by atoms with van der Waals surface area (Å²) < 4.78 is 1.82. The van der Waals surface area contributed by atoms with Gasteiger partial charge in [-0.1, -0.05) is 20.8 Å². The van der Waals surface area contributed by atoms with E-state index in [1.54, 1.807) is 18.7 Å². The molecule has 2 saturated carbocycles. The van der Waals surface area contributed by atoms with Crippen molar-refractivity contribution in [2.45, 2.75) is 46.1 Å². The van der Waals surface area contributed by atoms with E-state index in [1.165, 1.54) is 12.8 Å². The minimum atomic E-state index is -0.0192.